The maximum Gasteiger partial charge on any atom is 0.255 e. The number of imide groups is 1. The zero-order valence-corrected chi connectivity index (χ0v) is 35.7. The largest absolute Gasteiger partial charge is 0.457 e. The monoisotopic (exact) mass is 859 g/mol. The van der Waals surface area contributed by atoms with Crippen LogP contribution in [-0.4, -0.2) is 139 Å². The molecule has 16 nitrogen and oxygen atoms in total. The van der Waals surface area contributed by atoms with Crippen LogP contribution in [0.3, 0.4) is 0 Å². The van der Waals surface area contributed by atoms with Crippen molar-refractivity contribution in [1.82, 2.24) is 29.8 Å². The lowest BCUT2D eigenvalue weighted by molar-refractivity contribution is -0.136. The van der Waals surface area contributed by atoms with Crippen LogP contribution in [0, 0.1) is 5.92 Å². The van der Waals surface area contributed by atoms with Crippen molar-refractivity contribution >= 4 is 35.1 Å². The van der Waals surface area contributed by atoms with Gasteiger partial charge in [0.05, 0.1) is 32.5 Å². The van der Waals surface area contributed by atoms with Gasteiger partial charge in [-0.1, -0.05) is 18.2 Å². The van der Waals surface area contributed by atoms with Gasteiger partial charge in [0.2, 0.25) is 11.8 Å². The highest BCUT2D eigenvalue weighted by atomic mass is 16.5. The number of para-hydroxylation sites is 1. The van der Waals surface area contributed by atoms with Crippen LogP contribution in [0.15, 0.2) is 72.8 Å². The first-order valence-corrected chi connectivity index (χ1v) is 22.4. The Balaban J connectivity index is 0.658. The van der Waals surface area contributed by atoms with Crippen molar-refractivity contribution in [2.24, 2.45) is 11.7 Å². The molecule has 3 aromatic carbocycles. The Hall–Kier alpha value is -5.81. The number of fused-ring (bicyclic) bond motifs is 2. The fraction of sp³-hybridized carbons (Fsp3) is 0.468. The Labute approximate surface area is 367 Å². The predicted octanol–water partition coefficient (Wildman–Crippen LogP) is 4.13. The third-order valence-electron chi connectivity index (χ3n) is 13.2. The number of primary amides is 1. The fourth-order valence-corrected chi connectivity index (χ4v) is 9.74. The van der Waals surface area contributed by atoms with Crippen molar-refractivity contribution in [3.63, 3.8) is 0 Å². The van der Waals surface area contributed by atoms with Crippen LogP contribution in [0.5, 0.6) is 11.5 Å². The third kappa shape index (κ3) is 9.59. The first-order valence-electron chi connectivity index (χ1n) is 22.4. The number of hydrogen-bond acceptors (Lipinski definition) is 12. The standard InChI is InChI=1S/C47H57N9O7/c48-44(58)42-43(33-6-9-37(10-7-33)63-36-4-2-1-3-5-36)51-56-39(14-17-49-45(42)56)32-15-18-52(19-16-32)24-26-61-28-29-62-27-25-53-20-22-54(23-21-53)35-8-11-38-34(30-35)31-55(47(38)60)40-12-13-41(57)50-46(40)59/h1-11,30,32,39-40,49H,12-29,31H2,(H2,48,58)(H,50,57,59)/t39-,40?/m0/s1. The van der Waals surface area contributed by atoms with Gasteiger partial charge in [-0.25, -0.2) is 4.68 Å². The van der Waals surface area contributed by atoms with Crippen molar-refractivity contribution in [3.8, 4) is 22.8 Å². The summed E-state index contributed by atoms with van der Waals surface area (Å²) in [5.41, 5.74) is 10.5. The molecule has 63 heavy (non-hydrogen) atoms. The minimum atomic E-state index is -0.604. The van der Waals surface area contributed by atoms with E-state index in [4.69, 9.17) is 25.0 Å². The first-order chi connectivity index (χ1) is 30.8. The van der Waals surface area contributed by atoms with E-state index in [9.17, 15) is 19.2 Å². The number of benzene rings is 3. The molecule has 9 rings (SSSR count). The summed E-state index contributed by atoms with van der Waals surface area (Å²) in [6.07, 6.45) is 3.65. The van der Waals surface area contributed by atoms with Gasteiger partial charge in [-0.2, -0.15) is 5.10 Å². The molecule has 5 aliphatic rings. The molecule has 2 atom stereocenters. The van der Waals surface area contributed by atoms with Gasteiger partial charge in [0.15, 0.2) is 0 Å². The average Bonchev–Trinajstić information content (AvgIpc) is 3.86. The number of nitrogens with two attached hydrogens (primary N) is 1. The SMILES string of the molecule is NC(=O)c1c(-c2ccc(Oc3ccccc3)cc2)nn2c1NCC[C@H]2C1CCN(CCOCCOCCN2CCN(c3ccc4c(c3)CN(C3CCC(=O)NC3=O)C4=O)CC2)CC1. The van der Waals surface area contributed by atoms with Crippen LogP contribution in [0.1, 0.15) is 64.4 Å². The van der Waals surface area contributed by atoms with Crippen molar-refractivity contribution < 1.29 is 33.4 Å². The number of aromatic nitrogens is 2. The predicted molar refractivity (Wildman–Crippen MR) is 237 cm³/mol. The molecular weight excluding hydrogens is 803 g/mol. The minimum Gasteiger partial charge on any atom is -0.457 e. The highest BCUT2D eigenvalue weighted by molar-refractivity contribution is 6.06. The molecule has 0 radical (unpaired) electrons. The second kappa shape index (κ2) is 19.3. The van der Waals surface area contributed by atoms with Crippen LogP contribution in [-0.2, 0) is 25.6 Å². The molecule has 332 valence electrons. The number of piperazine rings is 1. The van der Waals surface area contributed by atoms with Gasteiger partial charge >= 0.3 is 0 Å². The lowest BCUT2D eigenvalue weighted by atomic mass is 9.87. The van der Waals surface area contributed by atoms with Crippen LogP contribution in [0.2, 0.25) is 0 Å². The van der Waals surface area contributed by atoms with Gasteiger partial charge in [-0.05, 0) is 105 Å². The number of hydrogen-bond donors (Lipinski definition) is 3. The van der Waals surface area contributed by atoms with E-state index < -0.39 is 11.9 Å². The molecular formula is C47H57N9O7. The first kappa shape index (κ1) is 42.5. The van der Waals surface area contributed by atoms with Gasteiger partial charge < -0.3 is 40.0 Å². The summed E-state index contributed by atoms with van der Waals surface area (Å²) in [5, 5.41) is 10.8. The molecule has 3 saturated heterocycles. The average molecular weight is 860 g/mol. The Kier molecular flexibility index (Phi) is 13.0. The summed E-state index contributed by atoms with van der Waals surface area (Å²) in [6, 6.07) is 22.8. The molecule has 0 saturated carbocycles. The number of anilines is 2. The van der Waals surface area contributed by atoms with Gasteiger partial charge in [-0.15, -0.1) is 0 Å². The van der Waals surface area contributed by atoms with E-state index in [1.54, 1.807) is 4.90 Å². The zero-order valence-electron chi connectivity index (χ0n) is 35.7. The number of nitrogens with one attached hydrogen (secondary N) is 2. The number of rotatable bonds is 16. The number of likely N-dealkylation sites (tertiary alicyclic amines) is 1. The fourth-order valence-electron chi connectivity index (χ4n) is 9.74. The molecule has 0 spiro atoms. The lowest BCUT2D eigenvalue weighted by Crippen LogP contribution is -2.52. The number of amides is 4. The van der Waals surface area contributed by atoms with E-state index in [-0.39, 0.29) is 30.2 Å². The summed E-state index contributed by atoms with van der Waals surface area (Å²) >= 11 is 0. The van der Waals surface area contributed by atoms with E-state index in [0.29, 0.717) is 73.7 Å². The van der Waals surface area contributed by atoms with Crippen LogP contribution in [0.4, 0.5) is 11.5 Å². The molecule has 1 unspecified atom stereocenters. The summed E-state index contributed by atoms with van der Waals surface area (Å²) < 4.78 is 19.9. The minimum absolute atomic E-state index is 0.145. The van der Waals surface area contributed by atoms with E-state index >= 15 is 0 Å². The summed E-state index contributed by atoms with van der Waals surface area (Å²) in [4.78, 5) is 58.8. The molecule has 4 N–H and O–H groups in total. The van der Waals surface area contributed by atoms with E-state index in [0.717, 1.165) is 101 Å². The molecule has 5 aliphatic heterocycles. The molecule has 4 amide bonds. The van der Waals surface area contributed by atoms with Crippen LogP contribution in [0.25, 0.3) is 11.3 Å². The van der Waals surface area contributed by atoms with E-state index in [1.165, 1.54) is 0 Å². The maximum absolute atomic E-state index is 13.1. The molecule has 1 aromatic heterocycles. The highest BCUT2D eigenvalue weighted by Crippen LogP contribution is 2.40. The maximum atomic E-state index is 13.1. The topological polar surface area (TPSA) is 177 Å². The molecule has 0 aliphatic carbocycles. The second-order valence-electron chi connectivity index (χ2n) is 17.1. The van der Waals surface area contributed by atoms with Crippen molar-refractivity contribution in [2.45, 2.75) is 50.7 Å². The van der Waals surface area contributed by atoms with Crippen LogP contribution < -0.4 is 26.0 Å². The van der Waals surface area contributed by atoms with E-state index in [2.05, 4.69) is 31.4 Å². The molecule has 0 bridgehead atoms. The Morgan fingerprint density at radius 2 is 1.48 bits per heavy atom. The molecule has 6 heterocycles. The Morgan fingerprint density at radius 1 is 0.778 bits per heavy atom. The third-order valence-corrected chi connectivity index (χ3v) is 13.2. The number of carbonyl (C=O) groups excluding carboxylic acids is 4. The van der Waals surface area contributed by atoms with Crippen molar-refractivity contribution in [2.75, 3.05) is 95.5 Å². The van der Waals surface area contributed by atoms with E-state index in [1.807, 2.05) is 71.4 Å². The van der Waals surface area contributed by atoms with Gasteiger partial charge in [0, 0.05) is 75.6 Å². The van der Waals surface area contributed by atoms with Gasteiger partial charge in [-0.3, -0.25) is 29.4 Å². The number of piperidine rings is 2. The Morgan fingerprint density at radius 3 is 2.17 bits per heavy atom. The van der Waals surface area contributed by atoms with Crippen LogP contribution >= 0.6 is 0 Å². The highest BCUT2D eigenvalue weighted by Gasteiger charge is 2.40. The summed E-state index contributed by atoms with van der Waals surface area (Å²) in [5.74, 6) is 1.32. The molecule has 4 aromatic rings. The summed E-state index contributed by atoms with van der Waals surface area (Å²) in [6.45, 7) is 10.9. The lowest BCUT2D eigenvalue weighted by Gasteiger charge is -2.38. The Bertz CT molecular complexity index is 2270. The van der Waals surface area contributed by atoms with Crippen molar-refractivity contribution in [1.29, 1.82) is 0 Å². The van der Waals surface area contributed by atoms with Gasteiger partial charge in [0.25, 0.3) is 11.8 Å². The molecule has 3 fully saturated rings. The number of nitrogens with zero attached hydrogens (tertiary/aromatic N) is 6. The smallest absolute Gasteiger partial charge is 0.255 e. The number of ether oxygens (including phenoxy) is 3. The summed E-state index contributed by atoms with van der Waals surface area (Å²) in [7, 11) is 0. The second-order valence-corrected chi connectivity index (χ2v) is 17.1. The molecule has 16 heteroatoms. The van der Waals surface area contributed by atoms with Gasteiger partial charge in [0.1, 0.15) is 34.6 Å². The normalized spacial score (nSPS) is 20.9. The zero-order chi connectivity index (χ0) is 43.3. The quantitative estimate of drug-likeness (QED) is 0.109. The van der Waals surface area contributed by atoms with Crippen molar-refractivity contribution in [3.05, 3.63) is 89.5 Å². The number of carbonyl (C=O) groups is 4.